The van der Waals surface area contributed by atoms with E-state index < -0.39 is 0 Å². The molecule has 26 heavy (non-hydrogen) atoms. The Labute approximate surface area is 152 Å². The number of benzene rings is 1. The van der Waals surface area contributed by atoms with E-state index in [9.17, 15) is 4.79 Å². The zero-order valence-corrected chi connectivity index (χ0v) is 14.6. The fourth-order valence-electron chi connectivity index (χ4n) is 3.22. The summed E-state index contributed by atoms with van der Waals surface area (Å²) in [5.74, 6) is 2.42. The van der Waals surface area contributed by atoms with Gasteiger partial charge in [-0.15, -0.1) is 0 Å². The van der Waals surface area contributed by atoms with Crippen LogP contribution in [0.5, 0.6) is 0 Å². The second kappa shape index (κ2) is 7.56. The molecule has 1 N–H and O–H groups in total. The summed E-state index contributed by atoms with van der Waals surface area (Å²) in [5, 5.41) is 2.93. The summed E-state index contributed by atoms with van der Waals surface area (Å²) in [7, 11) is 0. The van der Waals surface area contributed by atoms with Crippen molar-refractivity contribution in [1.82, 2.24) is 19.9 Å². The molecule has 6 heteroatoms. The van der Waals surface area contributed by atoms with Gasteiger partial charge in [0.1, 0.15) is 5.82 Å². The topological polar surface area (TPSA) is 73.0 Å². The number of nitrogens with zero attached hydrogens (tertiary/aromatic N) is 3. The van der Waals surface area contributed by atoms with Crippen molar-refractivity contribution in [2.45, 2.75) is 45.2 Å². The highest BCUT2D eigenvalue weighted by atomic mass is 16.4. The second-order valence-electron chi connectivity index (χ2n) is 6.56. The van der Waals surface area contributed by atoms with E-state index in [4.69, 9.17) is 4.42 Å². The SMILES string of the molecule is O=C(CCc1ncc(-c2ccccc2)o1)NCc1cn2c(n1)CCCC2. The molecule has 0 unspecified atom stereocenters. The van der Waals surface area contributed by atoms with Crippen LogP contribution in [0.4, 0.5) is 0 Å². The molecular weight excluding hydrogens is 328 g/mol. The molecule has 6 nitrogen and oxygen atoms in total. The summed E-state index contributed by atoms with van der Waals surface area (Å²) in [5.41, 5.74) is 1.91. The van der Waals surface area contributed by atoms with E-state index in [1.54, 1.807) is 6.20 Å². The maximum absolute atomic E-state index is 12.1. The quantitative estimate of drug-likeness (QED) is 0.741. The highest BCUT2D eigenvalue weighted by molar-refractivity contribution is 5.76. The molecule has 1 aliphatic heterocycles. The van der Waals surface area contributed by atoms with Gasteiger partial charge in [0.2, 0.25) is 5.91 Å². The molecule has 1 amide bonds. The van der Waals surface area contributed by atoms with E-state index >= 15 is 0 Å². The van der Waals surface area contributed by atoms with Crippen molar-refractivity contribution in [2.75, 3.05) is 0 Å². The van der Waals surface area contributed by atoms with Crippen LogP contribution in [0.1, 0.15) is 36.7 Å². The third kappa shape index (κ3) is 3.85. The molecule has 0 saturated heterocycles. The molecule has 0 bridgehead atoms. The molecule has 0 saturated carbocycles. The lowest BCUT2D eigenvalue weighted by Crippen LogP contribution is -2.23. The third-order valence-electron chi connectivity index (χ3n) is 4.60. The summed E-state index contributed by atoms with van der Waals surface area (Å²) < 4.78 is 7.93. The maximum atomic E-state index is 12.1. The van der Waals surface area contributed by atoms with Gasteiger partial charge in [0.05, 0.1) is 18.4 Å². The van der Waals surface area contributed by atoms with Gasteiger partial charge >= 0.3 is 0 Å². The number of oxazole rings is 1. The number of hydrogen-bond donors (Lipinski definition) is 1. The largest absolute Gasteiger partial charge is 0.441 e. The number of carbonyl (C=O) groups excluding carboxylic acids is 1. The van der Waals surface area contributed by atoms with E-state index in [-0.39, 0.29) is 5.91 Å². The molecule has 3 heterocycles. The zero-order valence-electron chi connectivity index (χ0n) is 14.6. The van der Waals surface area contributed by atoms with Crippen molar-refractivity contribution in [3.8, 4) is 11.3 Å². The first-order valence-electron chi connectivity index (χ1n) is 9.10. The predicted octanol–water partition coefficient (Wildman–Crippen LogP) is 3.12. The van der Waals surface area contributed by atoms with Crippen molar-refractivity contribution in [2.24, 2.45) is 0 Å². The number of amides is 1. The van der Waals surface area contributed by atoms with Crippen molar-refractivity contribution in [1.29, 1.82) is 0 Å². The molecule has 134 valence electrons. The van der Waals surface area contributed by atoms with Crippen LogP contribution >= 0.6 is 0 Å². The predicted molar refractivity (Wildman–Crippen MR) is 97.3 cm³/mol. The Bertz CT molecular complexity index is 859. The van der Waals surface area contributed by atoms with E-state index in [1.807, 2.05) is 30.3 Å². The summed E-state index contributed by atoms with van der Waals surface area (Å²) in [4.78, 5) is 21.0. The third-order valence-corrected chi connectivity index (χ3v) is 4.60. The van der Waals surface area contributed by atoms with Gasteiger partial charge in [0, 0.05) is 37.6 Å². The highest BCUT2D eigenvalue weighted by Gasteiger charge is 2.13. The van der Waals surface area contributed by atoms with E-state index in [2.05, 4.69) is 26.0 Å². The number of rotatable bonds is 6. The molecule has 0 aliphatic carbocycles. The lowest BCUT2D eigenvalue weighted by molar-refractivity contribution is -0.121. The van der Waals surface area contributed by atoms with Crippen LogP contribution in [-0.4, -0.2) is 20.4 Å². The van der Waals surface area contributed by atoms with Gasteiger partial charge in [-0.25, -0.2) is 9.97 Å². The normalized spacial score (nSPS) is 13.4. The zero-order chi connectivity index (χ0) is 17.8. The van der Waals surface area contributed by atoms with Crippen molar-refractivity contribution >= 4 is 5.91 Å². The average molecular weight is 350 g/mol. The van der Waals surface area contributed by atoms with E-state index in [0.29, 0.717) is 25.3 Å². The second-order valence-corrected chi connectivity index (χ2v) is 6.56. The van der Waals surface area contributed by atoms with Gasteiger partial charge in [-0.3, -0.25) is 4.79 Å². The average Bonchev–Trinajstić information content (AvgIpc) is 3.32. The molecule has 0 atom stereocenters. The maximum Gasteiger partial charge on any atom is 0.220 e. The Morgan fingerprint density at radius 1 is 1.23 bits per heavy atom. The number of carbonyl (C=O) groups is 1. The fourth-order valence-corrected chi connectivity index (χ4v) is 3.22. The Morgan fingerprint density at radius 3 is 2.96 bits per heavy atom. The summed E-state index contributed by atoms with van der Waals surface area (Å²) >= 11 is 0. The van der Waals surface area contributed by atoms with Gasteiger partial charge in [-0.2, -0.15) is 0 Å². The number of hydrogen-bond acceptors (Lipinski definition) is 4. The molecule has 1 aliphatic rings. The molecule has 4 rings (SSSR count). The first-order chi connectivity index (χ1) is 12.8. The minimum Gasteiger partial charge on any atom is -0.441 e. The fraction of sp³-hybridized carbons (Fsp3) is 0.350. The van der Waals surface area contributed by atoms with Crippen LogP contribution in [0.15, 0.2) is 47.1 Å². The molecule has 1 aromatic carbocycles. The van der Waals surface area contributed by atoms with Crippen LogP contribution in [0.2, 0.25) is 0 Å². The molecule has 0 spiro atoms. The van der Waals surface area contributed by atoms with Gasteiger partial charge in [0.15, 0.2) is 11.7 Å². The Hall–Kier alpha value is -2.89. The smallest absolute Gasteiger partial charge is 0.220 e. The van der Waals surface area contributed by atoms with E-state index in [0.717, 1.165) is 35.8 Å². The van der Waals surface area contributed by atoms with Crippen molar-refractivity contribution in [3.05, 3.63) is 60.1 Å². The monoisotopic (exact) mass is 350 g/mol. The highest BCUT2D eigenvalue weighted by Crippen LogP contribution is 2.20. The number of nitrogens with one attached hydrogen (secondary N) is 1. The summed E-state index contributed by atoms with van der Waals surface area (Å²) in [6.07, 6.45) is 8.02. The molecule has 3 aromatic rings. The number of aryl methyl sites for hydroxylation is 3. The summed E-state index contributed by atoms with van der Waals surface area (Å²) in [6.45, 7) is 1.50. The Kier molecular flexibility index (Phi) is 4.82. The summed E-state index contributed by atoms with van der Waals surface area (Å²) in [6, 6.07) is 9.82. The van der Waals surface area contributed by atoms with Crippen LogP contribution in [0.3, 0.4) is 0 Å². The van der Waals surface area contributed by atoms with Gasteiger partial charge in [-0.05, 0) is 12.8 Å². The first kappa shape index (κ1) is 16.6. The standard InChI is InChI=1S/C20H22N4O2/c25-19(21-12-16-14-24-11-5-4-8-18(24)23-16)9-10-20-22-13-17(26-20)15-6-2-1-3-7-15/h1-3,6-7,13-14H,4-5,8-12H2,(H,21,25). The molecular formula is C20H22N4O2. The van der Waals surface area contributed by atoms with Gasteiger partial charge < -0.3 is 14.3 Å². The first-order valence-corrected chi connectivity index (χ1v) is 9.10. The Morgan fingerprint density at radius 2 is 2.12 bits per heavy atom. The molecule has 2 aromatic heterocycles. The molecule has 0 fully saturated rings. The van der Waals surface area contributed by atoms with E-state index in [1.165, 1.54) is 12.8 Å². The Balaban J connectivity index is 1.26. The van der Waals surface area contributed by atoms with Gasteiger partial charge in [-0.1, -0.05) is 30.3 Å². The van der Waals surface area contributed by atoms with Gasteiger partial charge in [0.25, 0.3) is 0 Å². The lowest BCUT2D eigenvalue weighted by atomic mass is 10.2. The van der Waals surface area contributed by atoms with Crippen molar-refractivity contribution < 1.29 is 9.21 Å². The molecule has 0 radical (unpaired) electrons. The minimum atomic E-state index is -0.0181. The van der Waals surface area contributed by atoms with Crippen LogP contribution < -0.4 is 5.32 Å². The lowest BCUT2D eigenvalue weighted by Gasteiger charge is -2.11. The van der Waals surface area contributed by atoms with Crippen LogP contribution in [0.25, 0.3) is 11.3 Å². The minimum absolute atomic E-state index is 0.0181. The number of aromatic nitrogens is 3. The van der Waals surface area contributed by atoms with Crippen molar-refractivity contribution in [3.63, 3.8) is 0 Å². The number of fused-ring (bicyclic) bond motifs is 1. The number of imidazole rings is 1. The van der Waals surface area contributed by atoms with Crippen LogP contribution in [-0.2, 0) is 30.7 Å². The van der Waals surface area contributed by atoms with Crippen LogP contribution in [0, 0.1) is 0 Å².